The molecule has 3 heteroatoms. The zero-order valence-corrected chi connectivity index (χ0v) is 13.3. The summed E-state index contributed by atoms with van der Waals surface area (Å²) in [5, 5.41) is 18.7. The summed E-state index contributed by atoms with van der Waals surface area (Å²) in [7, 11) is 0. The van der Waals surface area contributed by atoms with Gasteiger partial charge in [0.1, 0.15) is 0 Å². The molecule has 17 heavy (non-hydrogen) atoms. The van der Waals surface area contributed by atoms with Crippen LogP contribution in [0.15, 0.2) is 45.8 Å². The van der Waals surface area contributed by atoms with Gasteiger partial charge >= 0.3 is 112 Å². The van der Waals surface area contributed by atoms with Crippen LogP contribution in [0.25, 0.3) is 0 Å². The van der Waals surface area contributed by atoms with Gasteiger partial charge in [-0.3, -0.25) is 0 Å². The number of phenols is 1. The standard InChI is InChI=1S/C14H15O2.In/c1-11(5-4-10-15)14(2,3)12-6-8-13(16)9-7-12;/h1,4-9,15-16H,2-3H3;. The first kappa shape index (κ1) is 12.5. The maximum atomic E-state index is 9.44. The van der Waals surface area contributed by atoms with E-state index in [2.05, 4.69) is 17.7 Å². The molecule has 1 aromatic rings. The van der Waals surface area contributed by atoms with Gasteiger partial charge in [-0.05, 0) is 0 Å². The summed E-state index contributed by atoms with van der Waals surface area (Å²) in [6.45, 7) is 4.33. The van der Waals surface area contributed by atoms with Crippen molar-refractivity contribution in [1.29, 1.82) is 0 Å². The van der Waals surface area contributed by atoms with Gasteiger partial charge in [-0.15, -0.1) is 0 Å². The Morgan fingerprint density at radius 1 is 1.00 bits per heavy atom. The van der Waals surface area contributed by atoms with E-state index in [-0.39, 0.29) is 5.41 Å². The van der Waals surface area contributed by atoms with E-state index < -0.39 is 22.4 Å². The minimum absolute atomic E-state index is 0.0726. The van der Waals surface area contributed by atoms with Gasteiger partial charge in [0.2, 0.25) is 0 Å². The van der Waals surface area contributed by atoms with E-state index >= 15 is 0 Å². The zero-order chi connectivity index (χ0) is 12.5. The van der Waals surface area contributed by atoms with Crippen molar-refractivity contribution in [2.45, 2.75) is 19.3 Å². The molecule has 0 amide bonds. The topological polar surface area (TPSA) is 40.5 Å². The first-order chi connectivity index (χ1) is 8.00. The van der Waals surface area contributed by atoms with Crippen LogP contribution in [-0.2, 0) is 5.41 Å². The molecule has 0 atom stereocenters. The third kappa shape index (κ3) is 2.65. The Bertz CT molecular complexity index is 508. The van der Waals surface area contributed by atoms with Gasteiger partial charge in [0.25, 0.3) is 0 Å². The molecule has 0 bridgehead atoms. The summed E-state index contributed by atoms with van der Waals surface area (Å²) in [6, 6.07) is 7.34. The molecule has 1 aliphatic heterocycles. The fraction of sp³-hybridized carbons (Fsp3) is 0.214. The first-order valence-corrected chi connectivity index (χ1v) is 9.14. The molecule has 0 aliphatic carbocycles. The average Bonchev–Trinajstić information content (AvgIpc) is 2.30. The normalized spacial score (nSPS) is 14.9. The molecule has 0 radical (unpaired) electrons. The Labute approximate surface area is 112 Å². The van der Waals surface area contributed by atoms with Crippen LogP contribution in [0.4, 0.5) is 0 Å². The van der Waals surface area contributed by atoms with Crippen molar-refractivity contribution in [2.24, 2.45) is 0 Å². The average molecular weight is 330 g/mol. The van der Waals surface area contributed by atoms with Crippen LogP contribution in [0, 0.1) is 0 Å². The van der Waals surface area contributed by atoms with E-state index in [0.29, 0.717) is 9.19 Å². The predicted octanol–water partition coefficient (Wildman–Crippen LogP) is 2.33. The third-order valence-electron chi connectivity index (χ3n) is 3.18. The molecule has 1 aromatic carbocycles. The van der Waals surface area contributed by atoms with E-state index in [9.17, 15) is 10.2 Å². The van der Waals surface area contributed by atoms with Crippen LogP contribution in [0.1, 0.15) is 19.4 Å². The molecule has 0 aromatic heterocycles. The van der Waals surface area contributed by atoms with Crippen LogP contribution < -0.4 is 0 Å². The minimum atomic E-state index is -1.08. The second-order valence-electron chi connectivity index (χ2n) is 4.72. The van der Waals surface area contributed by atoms with Gasteiger partial charge in [-0.25, -0.2) is 0 Å². The van der Waals surface area contributed by atoms with Gasteiger partial charge in [0.15, 0.2) is 0 Å². The summed E-state index contributed by atoms with van der Waals surface area (Å²) < 4.78 is 2.82. The molecular weight excluding hydrogens is 315 g/mol. The number of aromatic hydroxyl groups is 1. The fourth-order valence-electron chi connectivity index (χ4n) is 1.92. The predicted molar refractivity (Wildman–Crippen MR) is 71.1 cm³/mol. The van der Waals surface area contributed by atoms with Crippen LogP contribution in [-0.4, -0.2) is 36.1 Å². The molecule has 1 aliphatic rings. The second-order valence-corrected chi connectivity index (χ2v) is 8.31. The molecule has 0 unspecified atom stereocenters. The number of rotatable bonds is 2. The monoisotopic (exact) mass is 330 g/mol. The van der Waals surface area contributed by atoms with Crippen molar-refractivity contribution in [3.63, 3.8) is 0 Å². The summed E-state index contributed by atoms with van der Waals surface area (Å²) in [6.07, 6.45) is 3.83. The summed E-state index contributed by atoms with van der Waals surface area (Å²) in [5.74, 6) is 0.293. The van der Waals surface area contributed by atoms with Crippen LogP contribution >= 0.6 is 0 Å². The van der Waals surface area contributed by atoms with Gasteiger partial charge in [-0.2, -0.15) is 0 Å². The van der Waals surface area contributed by atoms with Gasteiger partial charge in [0, 0.05) is 0 Å². The molecular formula is C14H15InO2. The summed E-state index contributed by atoms with van der Waals surface area (Å²) >= 11 is -1.08. The van der Waals surface area contributed by atoms with E-state index in [1.807, 2.05) is 24.3 Å². The van der Waals surface area contributed by atoms with Crippen molar-refractivity contribution in [3.8, 4) is 5.75 Å². The molecule has 2 rings (SSSR count). The molecule has 2 nitrogen and oxygen atoms in total. The van der Waals surface area contributed by atoms with E-state index in [1.54, 1.807) is 12.1 Å². The first-order valence-electron chi connectivity index (χ1n) is 5.59. The van der Waals surface area contributed by atoms with Crippen molar-refractivity contribution >= 4 is 25.9 Å². The van der Waals surface area contributed by atoms with Gasteiger partial charge in [-0.1, -0.05) is 0 Å². The van der Waals surface area contributed by atoms with E-state index in [1.165, 1.54) is 11.1 Å². The molecule has 0 saturated carbocycles. The molecule has 0 saturated heterocycles. The van der Waals surface area contributed by atoms with Crippen LogP contribution in [0.5, 0.6) is 5.75 Å². The Morgan fingerprint density at radius 2 is 1.65 bits per heavy atom. The Morgan fingerprint density at radius 3 is 2.18 bits per heavy atom. The molecule has 0 spiro atoms. The van der Waals surface area contributed by atoms with E-state index in [4.69, 9.17) is 0 Å². The van der Waals surface area contributed by atoms with Crippen molar-refractivity contribution in [2.75, 3.05) is 0 Å². The number of hydrogen-bond donors (Lipinski definition) is 2. The third-order valence-corrected chi connectivity index (χ3v) is 6.20. The number of aliphatic hydroxyl groups excluding tert-OH is 1. The van der Waals surface area contributed by atoms with Gasteiger partial charge in [0.05, 0.1) is 0 Å². The van der Waals surface area contributed by atoms with Crippen molar-refractivity contribution in [1.82, 2.24) is 0 Å². The Balaban J connectivity index is 2.37. The number of benzene rings is 1. The molecule has 2 N–H and O–H groups in total. The zero-order valence-electron chi connectivity index (χ0n) is 10.0. The molecule has 1 heterocycles. The van der Waals surface area contributed by atoms with Crippen molar-refractivity contribution in [3.05, 3.63) is 51.4 Å². The SMILES string of the molecule is CC(C)(C1=[CH][In]=[C](O)C=C1)c1ccc(O)cc1. The summed E-state index contributed by atoms with van der Waals surface area (Å²) in [5.41, 5.74) is 2.37. The number of hydrogen-bond acceptors (Lipinski definition) is 2. The molecule has 86 valence electrons. The van der Waals surface area contributed by atoms with E-state index in [0.717, 1.165) is 0 Å². The van der Waals surface area contributed by atoms with Gasteiger partial charge < -0.3 is 0 Å². The number of aliphatic hydroxyl groups is 1. The quantitative estimate of drug-likeness (QED) is 0.874. The Hall–Kier alpha value is -0.960. The second kappa shape index (κ2) is 4.73. The van der Waals surface area contributed by atoms with Crippen LogP contribution in [0.2, 0.25) is 0 Å². The Kier molecular flexibility index (Phi) is 3.48. The fourth-order valence-corrected chi connectivity index (χ4v) is 5.02. The van der Waals surface area contributed by atoms with Crippen LogP contribution in [0.3, 0.4) is 0 Å². The number of allylic oxidation sites excluding steroid dienone is 2. The maximum absolute atomic E-state index is 9.44. The molecule has 0 fully saturated rings. The van der Waals surface area contributed by atoms with Crippen molar-refractivity contribution < 1.29 is 10.2 Å². The number of phenolic OH excluding ortho intramolecular Hbond substituents is 1. The summed E-state index contributed by atoms with van der Waals surface area (Å²) in [4.78, 5) is 0.